The van der Waals surface area contributed by atoms with Gasteiger partial charge in [-0.25, -0.2) is 0 Å². The number of alkyl halides is 2. The molecule has 4 heterocycles. The van der Waals surface area contributed by atoms with Crippen molar-refractivity contribution in [2.45, 2.75) is 31.4 Å². The van der Waals surface area contributed by atoms with Crippen molar-refractivity contribution in [3.8, 4) is 17.1 Å². The highest BCUT2D eigenvalue weighted by Crippen LogP contribution is 2.47. The van der Waals surface area contributed by atoms with Crippen LogP contribution in [0.4, 0.5) is 8.78 Å². The molecule has 0 unspecified atom stereocenters. The molecule has 160 valence electrons. The number of ether oxygens (including phenoxy) is 1. The average molecular weight is 462 g/mol. The maximum Gasteiger partial charge on any atom is 0.388 e. The molecular weight excluding hydrogens is 443 g/mol. The van der Waals surface area contributed by atoms with E-state index < -0.39 is 6.61 Å². The molecule has 3 aliphatic heterocycles. The lowest BCUT2D eigenvalue weighted by atomic mass is 9.68. The molecule has 1 fully saturated rings. The Morgan fingerprint density at radius 3 is 2.42 bits per heavy atom. The lowest BCUT2D eigenvalue weighted by Gasteiger charge is -2.39. The summed E-state index contributed by atoms with van der Waals surface area (Å²) in [5.74, 6) is -0.198. The normalized spacial score (nSPS) is 22.3. The number of hydrogen-bond acceptors (Lipinski definition) is 4. The molecule has 0 atom stereocenters. The zero-order chi connectivity index (χ0) is 21.6. The fourth-order valence-corrected chi connectivity index (χ4v) is 5.12. The molecule has 1 saturated heterocycles. The summed E-state index contributed by atoms with van der Waals surface area (Å²) in [5, 5.41) is 8.95. The zero-order valence-corrected chi connectivity index (χ0v) is 18.0. The van der Waals surface area contributed by atoms with E-state index >= 15 is 0 Å². The molecule has 0 amide bonds. The van der Waals surface area contributed by atoms with Crippen LogP contribution in [0.3, 0.4) is 0 Å². The summed E-state index contributed by atoms with van der Waals surface area (Å²) in [7, 11) is 0. The van der Waals surface area contributed by atoms with Crippen LogP contribution in [0.15, 0.2) is 48.5 Å². The standard InChI is InChI=1S/C23H19Cl2F2N3O/c24-18-4-2-16(12-19(18)25)23-7-9-30(10-8-23)13-15-11-14(1-3-17(15)23)20-5-6-21(29-28-20)31-22(26)27/h1-6,11-12,22H,7-10,13H2. The molecule has 0 saturated carbocycles. The SMILES string of the molecule is FC(F)Oc1ccc(-c2ccc3c(c2)CN2CCC3(c3ccc(Cl)c(Cl)c3)CC2)nn1. The molecule has 4 nitrogen and oxygen atoms in total. The third kappa shape index (κ3) is 3.77. The Morgan fingerprint density at radius 2 is 1.74 bits per heavy atom. The number of nitrogens with zero attached hydrogens (tertiary/aromatic N) is 3. The second-order valence-electron chi connectivity index (χ2n) is 7.99. The van der Waals surface area contributed by atoms with E-state index in [4.69, 9.17) is 23.2 Å². The first-order valence-corrected chi connectivity index (χ1v) is 10.8. The minimum absolute atomic E-state index is 0.115. The van der Waals surface area contributed by atoms with Crippen molar-refractivity contribution in [3.05, 3.63) is 75.3 Å². The number of fused-ring (bicyclic) bond motifs is 2. The van der Waals surface area contributed by atoms with Crippen LogP contribution in [0.2, 0.25) is 10.0 Å². The van der Waals surface area contributed by atoms with E-state index in [1.807, 2.05) is 18.2 Å². The van der Waals surface area contributed by atoms with E-state index in [2.05, 4.69) is 38.0 Å². The molecule has 1 aromatic heterocycles. The molecule has 3 aromatic rings. The summed E-state index contributed by atoms with van der Waals surface area (Å²) in [6.07, 6.45) is 2.02. The summed E-state index contributed by atoms with van der Waals surface area (Å²) >= 11 is 12.5. The fourth-order valence-electron chi connectivity index (χ4n) is 4.82. The zero-order valence-electron chi connectivity index (χ0n) is 16.5. The smallest absolute Gasteiger partial charge is 0.388 e. The van der Waals surface area contributed by atoms with E-state index in [0.29, 0.717) is 15.7 Å². The summed E-state index contributed by atoms with van der Waals surface area (Å²) < 4.78 is 29.0. The first-order valence-electron chi connectivity index (χ1n) is 10.0. The molecular formula is C23H19Cl2F2N3O. The van der Waals surface area contributed by atoms with Gasteiger partial charge < -0.3 is 4.74 Å². The maximum atomic E-state index is 12.4. The van der Waals surface area contributed by atoms with Gasteiger partial charge in [-0.2, -0.15) is 8.78 Å². The summed E-state index contributed by atoms with van der Waals surface area (Å²) in [6, 6.07) is 15.3. The first kappa shape index (κ1) is 20.6. The van der Waals surface area contributed by atoms with Crippen LogP contribution in [-0.4, -0.2) is 34.8 Å². The van der Waals surface area contributed by atoms with Gasteiger partial charge in [-0.1, -0.05) is 41.4 Å². The van der Waals surface area contributed by atoms with Gasteiger partial charge in [0.2, 0.25) is 5.88 Å². The largest absolute Gasteiger partial charge is 0.415 e. The second kappa shape index (κ2) is 8.01. The lowest BCUT2D eigenvalue weighted by molar-refractivity contribution is -0.0534. The van der Waals surface area contributed by atoms with Crippen molar-refractivity contribution in [1.29, 1.82) is 0 Å². The minimum Gasteiger partial charge on any atom is -0.415 e. The van der Waals surface area contributed by atoms with E-state index in [0.717, 1.165) is 38.0 Å². The molecule has 8 heteroatoms. The van der Waals surface area contributed by atoms with E-state index in [9.17, 15) is 8.78 Å². The molecule has 0 N–H and O–H groups in total. The third-order valence-corrected chi connectivity index (χ3v) is 7.08. The lowest BCUT2D eigenvalue weighted by Crippen LogP contribution is -2.39. The van der Waals surface area contributed by atoms with Crippen LogP contribution in [0, 0.1) is 0 Å². The van der Waals surface area contributed by atoms with Crippen molar-refractivity contribution >= 4 is 23.2 Å². The van der Waals surface area contributed by atoms with Crippen LogP contribution >= 0.6 is 23.2 Å². The van der Waals surface area contributed by atoms with E-state index in [-0.39, 0.29) is 11.3 Å². The summed E-state index contributed by atoms with van der Waals surface area (Å²) in [6.45, 7) is -0.0607. The summed E-state index contributed by atoms with van der Waals surface area (Å²) in [4.78, 5) is 2.46. The van der Waals surface area contributed by atoms with Crippen LogP contribution in [-0.2, 0) is 12.0 Å². The number of piperidine rings is 1. The Hall–Kier alpha value is -2.28. The van der Waals surface area contributed by atoms with Crippen LogP contribution < -0.4 is 4.74 Å². The molecule has 31 heavy (non-hydrogen) atoms. The van der Waals surface area contributed by atoms with Crippen molar-refractivity contribution in [2.24, 2.45) is 0 Å². The van der Waals surface area contributed by atoms with Crippen LogP contribution in [0.25, 0.3) is 11.3 Å². The maximum absolute atomic E-state index is 12.4. The number of rotatable bonds is 4. The molecule has 0 spiro atoms. The predicted octanol–water partition coefficient (Wildman–Crippen LogP) is 5.95. The Labute approximate surface area is 188 Å². The molecule has 6 rings (SSSR count). The average Bonchev–Trinajstić information content (AvgIpc) is 3.02. The van der Waals surface area contributed by atoms with Gasteiger partial charge in [-0.05, 0) is 66.9 Å². The second-order valence-corrected chi connectivity index (χ2v) is 8.81. The number of aromatic nitrogens is 2. The number of halogens is 4. The van der Waals surface area contributed by atoms with Gasteiger partial charge >= 0.3 is 6.61 Å². The van der Waals surface area contributed by atoms with Crippen LogP contribution in [0.5, 0.6) is 5.88 Å². The predicted molar refractivity (Wildman–Crippen MR) is 116 cm³/mol. The van der Waals surface area contributed by atoms with Gasteiger partial charge in [0.1, 0.15) is 0 Å². The highest BCUT2D eigenvalue weighted by molar-refractivity contribution is 6.42. The van der Waals surface area contributed by atoms with Gasteiger partial charge in [-0.3, -0.25) is 4.90 Å². The highest BCUT2D eigenvalue weighted by Gasteiger charge is 2.42. The van der Waals surface area contributed by atoms with Crippen LogP contribution in [0.1, 0.15) is 29.5 Å². The molecule has 2 aromatic carbocycles. The Balaban J connectivity index is 1.55. The highest BCUT2D eigenvalue weighted by atomic mass is 35.5. The van der Waals surface area contributed by atoms with E-state index in [1.54, 1.807) is 6.07 Å². The number of benzene rings is 2. The van der Waals surface area contributed by atoms with Gasteiger partial charge in [0.05, 0.1) is 15.7 Å². The monoisotopic (exact) mass is 461 g/mol. The Morgan fingerprint density at radius 1 is 0.935 bits per heavy atom. The summed E-state index contributed by atoms with van der Waals surface area (Å²) in [5.41, 5.74) is 5.09. The first-order chi connectivity index (χ1) is 14.9. The molecule has 3 aliphatic rings. The molecule has 2 bridgehead atoms. The third-order valence-electron chi connectivity index (χ3n) is 6.34. The van der Waals surface area contributed by atoms with Gasteiger partial charge in [-0.15, -0.1) is 10.2 Å². The van der Waals surface area contributed by atoms with Crippen molar-refractivity contribution < 1.29 is 13.5 Å². The van der Waals surface area contributed by atoms with Gasteiger partial charge in [0.25, 0.3) is 0 Å². The van der Waals surface area contributed by atoms with E-state index in [1.165, 1.54) is 22.8 Å². The number of hydrogen-bond donors (Lipinski definition) is 0. The fraction of sp³-hybridized carbons (Fsp3) is 0.304. The molecule has 0 radical (unpaired) electrons. The molecule has 0 aliphatic carbocycles. The van der Waals surface area contributed by atoms with Gasteiger partial charge in [0, 0.05) is 23.6 Å². The quantitative estimate of drug-likeness (QED) is 0.481. The Kier molecular flexibility index (Phi) is 5.32. The van der Waals surface area contributed by atoms with Crippen molar-refractivity contribution in [2.75, 3.05) is 13.1 Å². The topological polar surface area (TPSA) is 38.2 Å². The van der Waals surface area contributed by atoms with Gasteiger partial charge in [0.15, 0.2) is 0 Å². The Bertz CT molecular complexity index is 1120. The minimum atomic E-state index is -2.92. The van der Waals surface area contributed by atoms with Crippen molar-refractivity contribution in [1.82, 2.24) is 15.1 Å². The van der Waals surface area contributed by atoms with Crippen molar-refractivity contribution in [3.63, 3.8) is 0 Å².